The number of carbonyl (C=O) groups is 1. The molecule has 1 aliphatic heterocycles. The number of amides is 1. The van der Waals surface area contributed by atoms with Gasteiger partial charge in [-0.05, 0) is 32.1 Å². The van der Waals surface area contributed by atoms with E-state index in [1.54, 1.807) is 11.3 Å². The Morgan fingerprint density at radius 2 is 2.32 bits per heavy atom. The second-order valence-electron chi connectivity index (χ2n) is 4.88. The lowest BCUT2D eigenvalue weighted by Crippen LogP contribution is -2.27. The van der Waals surface area contributed by atoms with Crippen molar-refractivity contribution in [3.63, 3.8) is 0 Å². The van der Waals surface area contributed by atoms with Crippen LogP contribution in [0.25, 0.3) is 0 Å². The summed E-state index contributed by atoms with van der Waals surface area (Å²) in [5.74, 6) is -0.0668. The topological polar surface area (TPSA) is 77.2 Å². The van der Waals surface area contributed by atoms with Gasteiger partial charge in [-0.1, -0.05) is 0 Å². The molecule has 0 radical (unpaired) electrons. The first-order chi connectivity index (χ1) is 8.72. The lowest BCUT2D eigenvalue weighted by atomic mass is 9.99. The van der Waals surface area contributed by atoms with E-state index < -0.39 is 0 Å². The van der Waals surface area contributed by atoms with E-state index in [0.717, 1.165) is 37.8 Å². The van der Waals surface area contributed by atoms with E-state index in [1.807, 2.05) is 0 Å². The van der Waals surface area contributed by atoms with E-state index in [2.05, 4.69) is 10.3 Å². The molecule has 0 bridgehead atoms. The van der Waals surface area contributed by atoms with Gasteiger partial charge in [0.15, 0.2) is 5.13 Å². The largest absolute Gasteiger partial charge is 0.368 e. The molecule has 1 aromatic rings. The summed E-state index contributed by atoms with van der Waals surface area (Å²) in [6.45, 7) is 0.682. The number of anilines is 1. The maximum Gasteiger partial charge on any atom is 0.255 e. The van der Waals surface area contributed by atoms with Crippen molar-refractivity contribution in [2.75, 3.05) is 11.9 Å². The summed E-state index contributed by atoms with van der Waals surface area (Å²) in [4.78, 5) is 17.6. The van der Waals surface area contributed by atoms with Gasteiger partial charge < -0.3 is 10.5 Å². The number of aryl methyl sites for hydroxylation is 1. The number of halogens is 1. The van der Waals surface area contributed by atoms with E-state index in [9.17, 15) is 4.79 Å². The van der Waals surface area contributed by atoms with Crippen molar-refractivity contribution in [1.82, 2.24) is 4.98 Å². The number of carbonyl (C=O) groups excluding carboxylic acids is 1. The number of hydrogen-bond donors (Lipinski definition) is 2. The van der Waals surface area contributed by atoms with Crippen LogP contribution < -0.4 is 11.1 Å². The first-order valence-corrected chi connectivity index (χ1v) is 7.20. The fraction of sp³-hybridized carbons (Fsp3) is 0.667. The zero-order chi connectivity index (χ0) is 12.5. The highest BCUT2D eigenvalue weighted by molar-refractivity contribution is 7.15. The minimum Gasteiger partial charge on any atom is -0.368 e. The van der Waals surface area contributed by atoms with Crippen molar-refractivity contribution >= 4 is 34.8 Å². The summed E-state index contributed by atoms with van der Waals surface area (Å²) in [6.07, 6.45) is 4.25. The Kier molecular flexibility index (Phi) is 4.78. The summed E-state index contributed by atoms with van der Waals surface area (Å²) < 4.78 is 5.35. The van der Waals surface area contributed by atoms with E-state index >= 15 is 0 Å². The first-order valence-electron chi connectivity index (χ1n) is 6.39. The van der Waals surface area contributed by atoms with Crippen molar-refractivity contribution in [2.45, 2.75) is 44.2 Å². The van der Waals surface area contributed by atoms with Crippen LogP contribution in [0.15, 0.2) is 0 Å². The number of thiazole rings is 1. The molecular weight excluding hydrogens is 286 g/mol. The molecule has 2 aliphatic rings. The van der Waals surface area contributed by atoms with Gasteiger partial charge in [-0.3, -0.25) is 10.1 Å². The molecule has 3 rings (SSSR count). The molecule has 2 atom stereocenters. The van der Waals surface area contributed by atoms with Crippen molar-refractivity contribution in [1.29, 1.82) is 0 Å². The molecule has 5 nitrogen and oxygen atoms in total. The maximum absolute atomic E-state index is 11.9. The fourth-order valence-electron chi connectivity index (χ4n) is 2.42. The molecule has 106 valence electrons. The predicted octanol–water partition coefficient (Wildman–Crippen LogP) is 1.50. The average Bonchev–Trinajstić information content (AvgIpc) is 2.95. The Bertz CT molecular complexity index is 460. The summed E-state index contributed by atoms with van der Waals surface area (Å²) in [5.41, 5.74) is 7.03. The van der Waals surface area contributed by atoms with Crippen LogP contribution in [0.4, 0.5) is 5.13 Å². The number of nitrogens with two attached hydrogens (primary N) is 1. The summed E-state index contributed by atoms with van der Waals surface area (Å²) in [5, 5.41) is 3.55. The number of nitrogens with zero attached hydrogens (tertiary/aromatic N) is 1. The van der Waals surface area contributed by atoms with Gasteiger partial charge in [0.05, 0.1) is 5.69 Å². The van der Waals surface area contributed by atoms with Gasteiger partial charge in [0.1, 0.15) is 6.10 Å². The third-order valence-corrected chi connectivity index (χ3v) is 4.47. The van der Waals surface area contributed by atoms with Crippen molar-refractivity contribution < 1.29 is 9.53 Å². The van der Waals surface area contributed by atoms with Gasteiger partial charge >= 0.3 is 0 Å². The molecule has 1 aromatic heterocycles. The van der Waals surface area contributed by atoms with Crippen LogP contribution in [0.2, 0.25) is 0 Å². The van der Waals surface area contributed by atoms with Gasteiger partial charge in [0.2, 0.25) is 0 Å². The Labute approximate surface area is 122 Å². The number of nitrogens with one attached hydrogen (secondary N) is 1. The molecule has 3 N–H and O–H groups in total. The Morgan fingerprint density at radius 3 is 3.05 bits per heavy atom. The van der Waals surface area contributed by atoms with Crippen LogP contribution in [-0.2, 0) is 22.4 Å². The predicted molar refractivity (Wildman–Crippen MR) is 77.0 cm³/mol. The zero-order valence-corrected chi connectivity index (χ0v) is 12.2. The second kappa shape index (κ2) is 6.17. The first kappa shape index (κ1) is 14.7. The monoisotopic (exact) mass is 303 g/mol. The van der Waals surface area contributed by atoms with Crippen molar-refractivity contribution in [2.24, 2.45) is 5.73 Å². The van der Waals surface area contributed by atoms with Crippen LogP contribution in [0.1, 0.15) is 29.8 Å². The van der Waals surface area contributed by atoms with E-state index in [-0.39, 0.29) is 30.5 Å². The molecule has 0 unspecified atom stereocenters. The average molecular weight is 304 g/mol. The Morgan fingerprint density at radius 1 is 1.47 bits per heavy atom. The normalized spacial score (nSPS) is 25.5. The van der Waals surface area contributed by atoms with Gasteiger partial charge in [0, 0.05) is 17.5 Å². The van der Waals surface area contributed by atoms with Gasteiger partial charge in [0.25, 0.3) is 5.91 Å². The number of hydrogen-bond acceptors (Lipinski definition) is 5. The minimum absolute atomic E-state index is 0. The number of fused-ring (bicyclic) bond motifs is 1. The minimum atomic E-state index is -0.298. The highest BCUT2D eigenvalue weighted by Gasteiger charge is 2.26. The second-order valence-corrected chi connectivity index (χ2v) is 5.97. The van der Waals surface area contributed by atoms with Crippen LogP contribution in [0.3, 0.4) is 0 Å². The lowest BCUT2D eigenvalue weighted by Gasteiger charge is -2.15. The molecule has 2 heterocycles. The molecule has 0 spiro atoms. The van der Waals surface area contributed by atoms with Gasteiger partial charge in [-0.2, -0.15) is 0 Å². The zero-order valence-electron chi connectivity index (χ0n) is 10.6. The highest BCUT2D eigenvalue weighted by atomic mass is 35.5. The molecule has 1 fully saturated rings. The highest BCUT2D eigenvalue weighted by Crippen LogP contribution is 2.29. The van der Waals surface area contributed by atoms with Crippen LogP contribution >= 0.6 is 23.7 Å². The van der Waals surface area contributed by atoms with Crippen LogP contribution in [0, 0.1) is 0 Å². The third-order valence-electron chi connectivity index (χ3n) is 3.43. The molecule has 1 aliphatic carbocycles. The third kappa shape index (κ3) is 3.25. The van der Waals surface area contributed by atoms with E-state index in [4.69, 9.17) is 10.5 Å². The fourth-order valence-corrected chi connectivity index (χ4v) is 3.53. The number of aromatic nitrogens is 1. The van der Waals surface area contributed by atoms with Crippen molar-refractivity contribution in [3.8, 4) is 0 Å². The standard InChI is InChI=1S/C12H17N3O2S.ClH/c13-7-3-4-8-10(6-7)18-12(14-8)15-11(16)9-2-1-5-17-9;/h7,9H,1-6,13H2,(H,14,15,16);1H/t7-,9+;/m0./s1. The molecular formula is C12H18ClN3O2S. The SMILES string of the molecule is Cl.N[C@H]1CCc2nc(NC(=O)[C@H]3CCCO3)sc2C1. The molecule has 19 heavy (non-hydrogen) atoms. The summed E-state index contributed by atoms with van der Waals surface area (Å²) >= 11 is 1.55. The van der Waals surface area contributed by atoms with Crippen molar-refractivity contribution in [3.05, 3.63) is 10.6 Å². The quantitative estimate of drug-likeness (QED) is 0.868. The van der Waals surface area contributed by atoms with Gasteiger partial charge in [-0.25, -0.2) is 4.98 Å². The van der Waals surface area contributed by atoms with Crippen LogP contribution in [0.5, 0.6) is 0 Å². The Hall–Kier alpha value is -0.690. The van der Waals surface area contributed by atoms with E-state index in [1.165, 1.54) is 4.88 Å². The number of rotatable bonds is 2. The Balaban J connectivity index is 0.00000133. The molecule has 7 heteroatoms. The summed E-state index contributed by atoms with van der Waals surface area (Å²) in [7, 11) is 0. The molecule has 1 saturated heterocycles. The lowest BCUT2D eigenvalue weighted by molar-refractivity contribution is -0.124. The van der Waals surface area contributed by atoms with Crippen LogP contribution in [-0.4, -0.2) is 29.6 Å². The number of ether oxygens (including phenoxy) is 1. The van der Waals surface area contributed by atoms with Gasteiger partial charge in [-0.15, -0.1) is 23.7 Å². The smallest absolute Gasteiger partial charge is 0.255 e. The molecule has 0 saturated carbocycles. The molecule has 1 amide bonds. The summed E-state index contributed by atoms with van der Waals surface area (Å²) in [6, 6.07) is 0.236. The molecule has 0 aromatic carbocycles. The maximum atomic E-state index is 11.9. The van der Waals surface area contributed by atoms with E-state index in [0.29, 0.717) is 11.7 Å².